The first-order valence-corrected chi connectivity index (χ1v) is 6.12. The highest BCUT2D eigenvalue weighted by Crippen LogP contribution is 2.15. The number of carbonyl (C=O) groups is 1. The van der Waals surface area contributed by atoms with Crippen LogP contribution >= 0.6 is 0 Å². The highest BCUT2D eigenvalue weighted by molar-refractivity contribution is 6.07. The maximum atomic E-state index is 12.2. The lowest BCUT2D eigenvalue weighted by Crippen LogP contribution is -2.17. The van der Waals surface area contributed by atoms with Crippen LogP contribution in [0.5, 0.6) is 0 Å². The molecule has 2 aromatic heterocycles. The van der Waals surface area contributed by atoms with Gasteiger partial charge in [-0.15, -0.1) is 0 Å². The van der Waals surface area contributed by atoms with Crippen LogP contribution in [0.3, 0.4) is 0 Å². The third kappa shape index (κ3) is 2.90. The second-order valence-corrected chi connectivity index (χ2v) is 4.18. The minimum absolute atomic E-state index is 0.202. The summed E-state index contributed by atoms with van der Waals surface area (Å²) < 4.78 is 1.64. The molecule has 0 unspecified atom stereocenters. The first-order chi connectivity index (χ1) is 9.11. The molecule has 1 amide bonds. The maximum Gasteiger partial charge on any atom is 0.260 e. The van der Waals surface area contributed by atoms with Gasteiger partial charge in [0.15, 0.2) is 0 Å². The molecule has 0 radical (unpaired) electrons. The summed E-state index contributed by atoms with van der Waals surface area (Å²) in [6.07, 6.45) is 1.66. The predicted octanol–water partition coefficient (Wildman–Crippen LogP) is 1.81. The molecule has 19 heavy (non-hydrogen) atoms. The SMILES string of the molecule is CCNc1ncccc1C(=O)Nc1cc(C)nn1C. The normalized spacial score (nSPS) is 10.3. The monoisotopic (exact) mass is 259 g/mol. The second kappa shape index (κ2) is 5.51. The molecule has 6 heteroatoms. The van der Waals surface area contributed by atoms with Crippen LogP contribution in [0.25, 0.3) is 0 Å². The van der Waals surface area contributed by atoms with Crippen molar-refractivity contribution in [2.45, 2.75) is 13.8 Å². The van der Waals surface area contributed by atoms with E-state index in [1.165, 1.54) is 0 Å². The summed E-state index contributed by atoms with van der Waals surface area (Å²) in [5.41, 5.74) is 1.37. The molecule has 2 rings (SSSR count). The molecule has 0 atom stereocenters. The highest BCUT2D eigenvalue weighted by atomic mass is 16.1. The topological polar surface area (TPSA) is 71.8 Å². The fraction of sp³-hybridized carbons (Fsp3) is 0.308. The smallest absolute Gasteiger partial charge is 0.260 e. The summed E-state index contributed by atoms with van der Waals surface area (Å²) in [5, 5.41) is 10.1. The van der Waals surface area contributed by atoms with Gasteiger partial charge in [-0.3, -0.25) is 9.48 Å². The zero-order chi connectivity index (χ0) is 13.8. The molecule has 0 aliphatic carbocycles. The van der Waals surface area contributed by atoms with Crippen LogP contribution in [0.2, 0.25) is 0 Å². The molecule has 0 spiro atoms. The average Bonchev–Trinajstić information content (AvgIpc) is 2.69. The van der Waals surface area contributed by atoms with E-state index >= 15 is 0 Å². The van der Waals surface area contributed by atoms with E-state index in [2.05, 4.69) is 20.7 Å². The van der Waals surface area contributed by atoms with Crippen LogP contribution in [0.4, 0.5) is 11.6 Å². The van der Waals surface area contributed by atoms with Gasteiger partial charge in [0, 0.05) is 25.9 Å². The van der Waals surface area contributed by atoms with Crippen LogP contribution in [0, 0.1) is 6.92 Å². The summed E-state index contributed by atoms with van der Waals surface area (Å²) in [6.45, 7) is 4.55. The molecule has 0 aliphatic rings. The number of nitrogens with zero attached hydrogens (tertiary/aromatic N) is 3. The van der Waals surface area contributed by atoms with Crippen molar-refractivity contribution in [3.8, 4) is 0 Å². The molecular weight excluding hydrogens is 242 g/mol. The van der Waals surface area contributed by atoms with Crippen molar-refractivity contribution in [2.24, 2.45) is 7.05 Å². The minimum Gasteiger partial charge on any atom is -0.370 e. The molecule has 2 N–H and O–H groups in total. The summed E-state index contributed by atoms with van der Waals surface area (Å²) >= 11 is 0. The summed E-state index contributed by atoms with van der Waals surface area (Å²) in [5.74, 6) is 1.04. The maximum absolute atomic E-state index is 12.2. The molecule has 0 aromatic carbocycles. The van der Waals surface area contributed by atoms with Crippen LogP contribution in [-0.4, -0.2) is 27.2 Å². The van der Waals surface area contributed by atoms with Gasteiger partial charge >= 0.3 is 0 Å². The molecule has 0 bridgehead atoms. The number of amides is 1. The average molecular weight is 259 g/mol. The first kappa shape index (κ1) is 13.1. The number of rotatable bonds is 4. The Morgan fingerprint density at radius 2 is 2.26 bits per heavy atom. The van der Waals surface area contributed by atoms with E-state index in [1.807, 2.05) is 19.9 Å². The molecule has 6 nitrogen and oxygen atoms in total. The van der Waals surface area contributed by atoms with E-state index < -0.39 is 0 Å². The lowest BCUT2D eigenvalue weighted by molar-refractivity contribution is 0.102. The van der Waals surface area contributed by atoms with Crippen LogP contribution in [0.15, 0.2) is 24.4 Å². The van der Waals surface area contributed by atoms with E-state index in [0.717, 1.165) is 5.69 Å². The number of anilines is 2. The summed E-state index contributed by atoms with van der Waals surface area (Å²) in [7, 11) is 1.79. The fourth-order valence-corrected chi connectivity index (χ4v) is 1.81. The number of nitrogens with one attached hydrogen (secondary N) is 2. The molecule has 0 saturated carbocycles. The van der Waals surface area contributed by atoms with Crippen molar-refractivity contribution in [3.63, 3.8) is 0 Å². The third-order valence-corrected chi connectivity index (χ3v) is 2.64. The minimum atomic E-state index is -0.202. The Kier molecular flexibility index (Phi) is 3.79. The molecule has 2 heterocycles. The largest absolute Gasteiger partial charge is 0.370 e. The van der Waals surface area contributed by atoms with E-state index in [9.17, 15) is 4.79 Å². The fourth-order valence-electron chi connectivity index (χ4n) is 1.81. The van der Waals surface area contributed by atoms with Crippen molar-refractivity contribution in [1.29, 1.82) is 0 Å². The molecule has 100 valence electrons. The lowest BCUT2D eigenvalue weighted by atomic mass is 10.2. The van der Waals surface area contributed by atoms with Gasteiger partial charge in [-0.25, -0.2) is 4.98 Å². The Balaban J connectivity index is 2.22. The van der Waals surface area contributed by atoms with Crippen molar-refractivity contribution in [3.05, 3.63) is 35.7 Å². The van der Waals surface area contributed by atoms with Gasteiger partial charge in [-0.05, 0) is 26.0 Å². The Labute approximate surface area is 111 Å². The van der Waals surface area contributed by atoms with E-state index in [-0.39, 0.29) is 5.91 Å². The quantitative estimate of drug-likeness (QED) is 0.878. The highest BCUT2D eigenvalue weighted by Gasteiger charge is 2.13. The van der Waals surface area contributed by atoms with Gasteiger partial charge in [0.05, 0.1) is 11.3 Å². The van der Waals surface area contributed by atoms with Crippen molar-refractivity contribution in [1.82, 2.24) is 14.8 Å². The second-order valence-electron chi connectivity index (χ2n) is 4.18. The molecule has 0 fully saturated rings. The third-order valence-electron chi connectivity index (χ3n) is 2.64. The van der Waals surface area contributed by atoms with Gasteiger partial charge in [0.1, 0.15) is 11.6 Å². The number of aryl methyl sites for hydroxylation is 2. The zero-order valence-electron chi connectivity index (χ0n) is 11.3. The Bertz CT molecular complexity index is 590. The van der Waals surface area contributed by atoms with E-state index in [1.54, 1.807) is 30.1 Å². The Morgan fingerprint density at radius 3 is 2.89 bits per heavy atom. The van der Waals surface area contributed by atoms with E-state index in [0.29, 0.717) is 23.7 Å². The predicted molar refractivity (Wildman–Crippen MR) is 74.3 cm³/mol. The lowest BCUT2D eigenvalue weighted by Gasteiger charge is -2.09. The number of hydrogen-bond acceptors (Lipinski definition) is 4. The standard InChI is InChI=1S/C13H17N5O/c1-4-14-12-10(6-5-7-15-12)13(19)16-11-8-9(2)17-18(11)3/h5-8H,4H2,1-3H3,(H,14,15)(H,16,19). The van der Waals surface area contributed by atoms with Gasteiger partial charge in [-0.1, -0.05) is 0 Å². The Morgan fingerprint density at radius 1 is 1.47 bits per heavy atom. The molecule has 2 aromatic rings. The van der Waals surface area contributed by atoms with Crippen molar-refractivity contribution >= 4 is 17.5 Å². The zero-order valence-corrected chi connectivity index (χ0v) is 11.3. The van der Waals surface area contributed by atoms with Crippen LogP contribution in [0.1, 0.15) is 23.0 Å². The summed E-state index contributed by atoms with van der Waals surface area (Å²) in [4.78, 5) is 16.4. The van der Waals surface area contributed by atoms with Gasteiger partial charge in [0.25, 0.3) is 5.91 Å². The molecule has 0 saturated heterocycles. The molecular formula is C13H17N5O. The molecule has 0 aliphatic heterocycles. The van der Waals surface area contributed by atoms with Crippen molar-refractivity contribution in [2.75, 3.05) is 17.2 Å². The first-order valence-electron chi connectivity index (χ1n) is 6.12. The van der Waals surface area contributed by atoms with Crippen LogP contribution in [-0.2, 0) is 7.05 Å². The van der Waals surface area contributed by atoms with E-state index in [4.69, 9.17) is 0 Å². The number of carbonyl (C=O) groups excluding carboxylic acids is 1. The van der Waals surface area contributed by atoms with Gasteiger partial charge in [0.2, 0.25) is 0 Å². The van der Waals surface area contributed by atoms with Crippen molar-refractivity contribution < 1.29 is 4.79 Å². The number of hydrogen-bond donors (Lipinski definition) is 2. The number of pyridine rings is 1. The Hall–Kier alpha value is -2.37. The number of aromatic nitrogens is 3. The van der Waals surface area contributed by atoms with Gasteiger partial charge < -0.3 is 10.6 Å². The van der Waals surface area contributed by atoms with Crippen LogP contribution < -0.4 is 10.6 Å². The van der Waals surface area contributed by atoms with Gasteiger partial charge in [-0.2, -0.15) is 5.10 Å². The summed E-state index contributed by atoms with van der Waals surface area (Å²) in [6, 6.07) is 5.30.